The maximum absolute atomic E-state index is 12.2. The van der Waals surface area contributed by atoms with Crippen LogP contribution in [0.3, 0.4) is 0 Å². The number of carbonyl (C=O) groups is 2. The van der Waals surface area contributed by atoms with E-state index < -0.39 is 11.6 Å². The Labute approximate surface area is 173 Å². The highest BCUT2D eigenvalue weighted by molar-refractivity contribution is 5.89. The summed E-state index contributed by atoms with van der Waals surface area (Å²) < 4.78 is 18.3. The highest BCUT2D eigenvalue weighted by atomic mass is 16.6. The van der Waals surface area contributed by atoms with Crippen LogP contribution >= 0.6 is 0 Å². The van der Waals surface area contributed by atoms with E-state index in [1.807, 2.05) is 29.0 Å². The molecule has 1 saturated heterocycles. The van der Waals surface area contributed by atoms with Gasteiger partial charge in [-0.05, 0) is 19.1 Å². The van der Waals surface area contributed by atoms with E-state index in [9.17, 15) is 9.59 Å². The summed E-state index contributed by atoms with van der Waals surface area (Å²) in [4.78, 5) is 29.8. The third-order valence-corrected chi connectivity index (χ3v) is 5.26. The van der Waals surface area contributed by atoms with Crippen LogP contribution in [0.4, 0.5) is 16.3 Å². The lowest BCUT2D eigenvalue weighted by molar-refractivity contribution is -0.110. The minimum atomic E-state index is -0.864. The third kappa shape index (κ3) is 3.59. The van der Waals surface area contributed by atoms with Crippen LogP contribution in [0.1, 0.15) is 6.92 Å². The van der Waals surface area contributed by atoms with Gasteiger partial charge in [0.05, 0.1) is 24.8 Å². The molecular formula is C20H25N5O5. The van der Waals surface area contributed by atoms with Crippen LogP contribution in [0.5, 0.6) is 5.75 Å². The Morgan fingerprint density at radius 1 is 1.43 bits per heavy atom. The van der Waals surface area contributed by atoms with Crippen LogP contribution in [0.2, 0.25) is 0 Å². The highest BCUT2D eigenvalue weighted by Crippen LogP contribution is 2.36. The molecule has 1 aromatic carbocycles. The number of rotatable bonds is 7. The van der Waals surface area contributed by atoms with Crippen LogP contribution in [-0.2, 0) is 20.8 Å². The van der Waals surface area contributed by atoms with Gasteiger partial charge in [-0.25, -0.2) is 9.78 Å². The van der Waals surface area contributed by atoms with Crippen molar-refractivity contribution in [2.24, 2.45) is 5.73 Å². The fourth-order valence-electron chi connectivity index (χ4n) is 3.58. The standard InChI is InChI=1S/C20H25N5O5/c1-20(11-21,12-26)23-13-3-4-15-16(7-13)29-6-5-24-8-17(22-18(15)24)25-14(9-28-2)10-30-19(25)27/h3-4,7-8,12,14,23H,5-6,9-11,21H2,1-2H3/t14-,20+/m1/s1. The van der Waals surface area contributed by atoms with Crippen LogP contribution in [0, 0.1) is 0 Å². The highest BCUT2D eigenvalue weighted by Gasteiger charge is 2.36. The summed E-state index contributed by atoms with van der Waals surface area (Å²) in [6, 6.07) is 5.33. The Balaban J connectivity index is 1.67. The molecule has 1 amide bonds. The molecule has 1 fully saturated rings. The minimum Gasteiger partial charge on any atom is -0.491 e. The first kappa shape index (κ1) is 20.2. The van der Waals surface area contributed by atoms with Gasteiger partial charge in [0.25, 0.3) is 0 Å². The summed E-state index contributed by atoms with van der Waals surface area (Å²) in [7, 11) is 1.59. The molecule has 2 atom stereocenters. The fraction of sp³-hybridized carbons (Fsp3) is 0.450. The quantitative estimate of drug-likeness (QED) is 0.648. The molecule has 0 aliphatic carbocycles. The zero-order chi connectivity index (χ0) is 21.3. The van der Waals surface area contributed by atoms with E-state index in [0.717, 1.165) is 17.5 Å². The first-order valence-electron chi connectivity index (χ1n) is 9.72. The number of methoxy groups -OCH3 is 1. The lowest BCUT2D eigenvalue weighted by atomic mass is 10.0. The maximum atomic E-state index is 12.2. The number of imidazole rings is 1. The number of hydrogen-bond donors (Lipinski definition) is 2. The summed E-state index contributed by atoms with van der Waals surface area (Å²) in [5, 5.41) is 3.14. The number of nitrogens with two attached hydrogens (primary N) is 1. The molecule has 2 aliphatic heterocycles. The molecule has 3 N–H and O–H groups in total. The zero-order valence-electron chi connectivity index (χ0n) is 17.0. The molecule has 0 bridgehead atoms. The molecule has 0 radical (unpaired) electrons. The Kier molecular flexibility index (Phi) is 5.35. The first-order valence-corrected chi connectivity index (χ1v) is 9.72. The number of aromatic nitrogens is 2. The number of carbonyl (C=O) groups excluding carboxylic acids is 2. The van der Waals surface area contributed by atoms with E-state index in [2.05, 4.69) is 5.32 Å². The topological polar surface area (TPSA) is 121 Å². The number of nitrogens with zero attached hydrogens (tertiary/aromatic N) is 3. The number of aldehydes is 1. The second kappa shape index (κ2) is 7.96. The Hall–Kier alpha value is -3.11. The van der Waals surface area contributed by atoms with Crippen molar-refractivity contribution in [3.63, 3.8) is 0 Å². The molecule has 4 rings (SSSR count). The smallest absolute Gasteiger partial charge is 0.416 e. The van der Waals surface area contributed by atoms with Crippen molar-refractivity contribution in [1.82, 2.24) is 9.55 Å². The largest absolute Gasteiger partial charge is 0.491 e. The predicted molar refractivity (Wildman–Crippen MR) is 110 cm³/mol. The minimum absolute atomic E-state index is 0.163. The van der Waals surface area contributed by atoms with Gasteiger partial charge in [0.1, 0.15) is 36.6 Å². The average Bonchev–Trinajstić information content (AvgIpc) is 3.27. The van der Waals surface area contributed by atoms with E-state index in [0.29, 0.717) is 37.2 Å². The molecular weight excluding hydrogens is 390 g/mol. The molecule has 2 aliphatic rings. The molecule has 1 aromatic heterocycles. The lowest BCUT2D eigenvalue weighted by Crippen LogP contribution is -2.44. The lowest BCUT2D eigenvalue weighted by Gasteiger charge is -2.24. The van der Waals surface area contributed by atoms with Gasteiger partial charge >= 0.3 is 6.09 Å². The third-order valence-electron chi connectivity index (χ3n) is 5.26. The van der Waals surface area contributed by atoms with Crippen molar-refractivity contribution in [2.45, 2.75) is 25.0 Å². The number of fused-ring (bicyclic) bond motifs is 3. The number of anilines is 2. The van der Waals surface area contributed by atoms with Crippen molar-refractivity contribution in [3.05, 3.63) is 24.4 Å². The van der Waals surface area contributed by atoms with Gasteiger partial charge in [-0.3, -0.25) is 4.90 Å². The second-order valence-corrected chi connectivity index (χ2v) is 7.60. The van der Waals surface area contributed by atoms with Gasteiger partial charge in [0, 0.05) is 31.6 Å². The fourth-order valence-corrected chi connectivity index (χ4v) is 3.58. The molecule has 160 valence electrons. The van der Waals surface area contributed by atoms with Gasteiger partial charge in [-0.1, -0.05) is 0 Å². The molecule has 30 heavy (non-hydrogen) atoms. The van der Waals surface area contributed by atoms with Gasteiger partial charge in [-0.15, -0.1) is 0 Å². The number of amides is 1. The van der Waals surface area contributed by atoms with Gasteiger partial charge in [0.15, 0.2) is 5.82 Å². The van der Waals surface area contributed by atoms with E-state index in [1.165, 1.54) is 4.90 Å². The van der Waals surface area contributed by atoms with Crippen molar-refractivity contribution in [1.29, 1.82) is 0 Å². The van der Waals surface area contributed by atoms with E-state index in [1.54, 1.807) is 14.0 Å². The summed E-state index contributed by atoms with van der Waals surface area (Å²) in [6.07, 6.45) is 2.19. The first-order chi connectivity index (χ1) is 14.5. The monoisotopic (exact) mass is 415 g/mol. The van der Waals surface area contributed by atoms with Crippen molar-refractivity contribution >= 4 is 23.9 Å². The number of hydrogen-bond acceptors (Lipinski definition) is 8. The predicted octanol–water partition coefficient (Wildman–Crippen LogP) is 1.24. The maximum Gasteiger partial charge on any atom is 0.416 e. The van der Waals surface area contributed by atoms with Crippen LogP contribution < -0.4 is 20.7 Å². The van der Waals surface area contributed by atoms with Crippen molar-refractivity contribution in [2.75, 3.05) is 43.7 Å². The van der Waals surface area contributed by atoms with Crippen LogP contribution in [0.25, 0.3) is 11.4 Å². The molecule has 3 heterocycles. The number of benzene rings is 1. The number of cyclic esters (lactones) is 1. The normalized spacial score (nSPS) is 19.8. The van der Waals surface area contributed by atoms with Crippen molar-refractivity contribution < 1.29 is 23.8 Å². The molecule has 0 unspecified atom stereocenters. The van der Waals surface area contributed by atoms with Gasteiger partial charge in [-0.2, -0.15) is 0 Å². The van der Waals surface area contributed by atoms with Crippen LogP contribution in [0.15, 0.2) is 24.4 Å². The Morgan fingerprint density at radius 2 is 2.27 bits per heavy atom. The molecule has 0 saturated carbocycles. The molecule has 0 spiro atoms. The molecule has 10 nitrogen and oxygen atoms in total. The Morgan fingerprint density at radius 3 is 3.00 bits per heavy atom. The van der Waals surface area contributed by atoms with Gasteiger partial charge < -0.3 is 34.6 Å². The van der Waals surface area contributed by atoms with Crippen molar-refractivity contribution in [3.8, 4) is 17.1 Å². The summed E-state index contributed by atoms with van der Waals surface area (Å²) >= 11 is 0. The van der Waals surface area contributed by atoms with E-state index in [-0.39, 0.29) is 19.2 Å². The SMILES string of the molecule is COC[C@@H]1COC(=O)N1c1cn2c(n1)-c1ccc(N[C@](C)(C=O)CN)cc1OCC2. The second-order valence-electron chi connectivity index (χ2n) is 7.60. The Bertz CT molecular complexity index is 961. The van der Waals surface area contributed by atoms with Crippen LogP contribution in [-0.4, -0.2) is 67.0 Å². The molecule has 2 aromatic rings. The summed E-state index contributed by atoms with van der Waals surface area (Å²) in [6.45, 7) is 3.53. The number of nitrogens with one attached hydrogen (secondary N) is 1. The summed E-state index contributed by atoms with van der Waals surface area (Å²) in [5.41, 5.74) is 6.36. The summed E-state index contributed by atoms with van der Waals surface area (Å²) in [5.74, 6) is 1.84. The van der Waals surface area contributed by atoms with E-state index in [4.69, 9.17) is 24.9 Å². The van der Waals surface area contributed by atoms with E-state index >= 15 is 0 Å². The average molecular weight is 415 g/mol. The molecule has 10 heteroatoms. The van der Waals surface area contributed by atoms with Gasteiger partial charge in [0.2, 0.25) is 0 Å². The number of ether oxygens (including phenoxy) is 3. The zero-order valence-corrected chi connectivity index (χ0v) is 17.0.